The van der Waals surface area contributed by atoms with Gasteiger partial charge in [-0.2, -0.15) is 13.2 Å². The maximum absolute atomic E-state index is 12.7. The average molecular weight is 438 g/mol. The number of alkyl halides is 3. The van der Waals surface area contributed by atoms with E-state index in [2.05, 4.69) is 15.6 Å². The molecule has 1 amide bonds. The SMILES string of the molecule is COc1ccc(-c2cn(-c3ccccc3NC(=O)c3ccc(C(F)(F)F)cc3)nn2)cc1. The van der Waals surface area contributed by atoms with Crippen LogP contribution in [0.2, 0.25) is 0 Å². The highest BCUT2D eigenvalue weighted by atomic mass is 19.4. The maximum Gasteiger partial charge on any atom is 0.416 e. The predicted octanol–water partition coefficient (Wildman–Crippen LogP) is 5.21. The second-order valence-corrected chi connectivity index (χ2v) is 6.82. The van der Waals surface area contributed by atoms with Gasteiger partial charge >= 0.3 is 6.18 Å². The van der Waals surface area contributed by atoms with Gasteiger partial charge in [0.2, 0.25) is 0 Å². The maximum atomic E-state index is 12.7. The Kier molecular flexibility index (Phi) is 5.63. The lowest BCUT2D eigenvalue weighted by Gasteiger charge is -2.11. The van der Waals surface area contributed by atoms with Crippen molar-refractivity contribution < 1.29 is 22.7 Å². The normalized spacial score (nSPS) is 11.2. The van der Waals surface area contributed by atoms with Crippen molar-refractivity contribution in [1.29, 1.82) is 0 Å². The van der Waals surface area contributed by atoms with E-state index in [1.54, 1.807) is 37.6 Å². The third kappa shape index (κ3) is 4.46. The fourth-order valence-electron chi connectivity index (χ4n) is 3.06. The molecule has 0 unspecified atom stereocenters. The number of para-hydroxylation sites is 2. The van der Waals surface area contributed by atoms with E-state index in [-0.39, 0.29) is 5.56 Å². The molecule has 1 aromatic heterocycles. The van der Waals surface area contributed by atoms with Gasteiger partial charge in [-0.3, -0.25) is 4.79 Å². The van der Waals surface area contributed by atoms with Crippen LogP contribution in [0.3, 0.4) is 0 Å². The highest BCUT2D eigenvalue weighted by Gasteiger charge is 2.30. The quantitative estimate of drug-likeness (QED) is 0.464. The molecule has 1 heterocycles. The van der Waals surface area contributed by atoms with Crippen molar-refractivity contribution in [2.75, 3.05) is 12.4 Å². The number of carbonyl (C=O) groups excluding carboxylic acids is 1. The molecule has 4 aromatic rings. The standard InChI is InChI=1S/C23H17F3N4O2/c1-32-18-12-8-15(9-13-18)20-14-30(29-28-20)21-5-3-2-4-19(21)27-22(31)16-6-10-17(11-7-16)23(24,25)26/h2-14H,1H3,(H,27,31). The van der Waals surface area contributed by atoms with Crippen LogP contribution in [0.5, 0.6) is 5.75 Å². The molecule has 162 valence electrons. The number of hydrogen-bond acceptors (Lipinski definition) is 4. The van der Waals surface area contributed by atoms with Crippen LogP contribution in [0.4, 0.5) is 18.9 Å². The second kappa shape index (κ2) is 8.54. The lowest BCUT2D eigenvalue weighted by molar-refractivity contribution is -0.137. The first-order chi connectivity index (χ1) is 15.3. The number of rotatable bonds is 5. The van der Waals surface area contributed by atoms with Gasteiger partial charge in [0.05, 0.1) is 30.2 Å². The van der Waals surface area contributed by atoms with E-state index in [9.17, 15) is 18.0 Å². The molecule has 0 bridgehead atoms. The number of halogens is 3. The number of aromatic nitrogens is 3. The van der Waals surface area contributed by atoms with Gasteiger partial charge in [0.1, 0.15) is 11.4 Å². The summed E-state index contributed by atoms with van der Waals surface area (Å²) in [6.07, 6.45) is -2.75. The number of benzene rings is 3. The summed E-state index contributed by atoms with van der Waals surface area (Å²) in [4.78, 5) is 12.6. The molecule has 0 spiro atoms. The summed E-state index contributed by atoms with van der Waals surface area (Å²) >= 11 is 0. The van der Waals surface area contributed by atoms with Gasteiger partial charge in [-0.25, -0.2) is 4.68 Å². The summed E-state index contributed by atoms with van der Waals surface area (Å²) in [6, 6.07) is 18.3. The molecule has 0 atom stereocenters. The zero-order valence-corrected chi connectivity index (χ0v) is 16.8. The Morgan fingerprint density at radius 3 is 2.31 bits per heavy atom. The molecule has 0 radical (unpaired) electrons. The highest BCUT2D eigenvalue weighted by molar-refractivity contribution is 6.05. The van der Waals surface area contributed by atoms with E-state index in [1.165, 1.54) is 4.68 Å². The first kappa shape index (κ1) is 21.1. The number of hydrogen-bond donors (Lipinski definition) is 1. The number of nitrogens with zero attached hydrogens (tertiary/aromatic N) is 3. The highest BCUT2D eigenvalue weighted by Crippen LogP contribution is 2.29. The van der Waals surface area contributed by atoms with Gasteiger partial charge < -0.3 is 10.1 Å². The fourth-order valence-corrected chi connectivity index (χ4v) is 3.06. The van der Waals surface area contributed by atoms with Crippen molar-refractivity contribution in [3.8, 4) is 22.7 Å². The summed E-state index contributed by atoms with van der Waals surface area (Å²) in [7, 11) is 1.58. The van der Waals surface area contributed by atoms with Crippen LogP contribution in [0.1, 0.15) is 15.9 Å². The summed E-state index contributed by atoms with van der Waals surface area (Å²) in [5, 5.41) is 11.0. The molecular weight excluding hydrogens is 421 g/mol. The lowest BCUT2D eigenvalue weighted by Crippen LogP contribution is -2.14. The molecule has 6 nitrogen and oxygen atoms in total. The zero-order chi connectivity index (χ0) is 22.7. The Bertz CT molecular complexity index is 1230. The van der Waals surface area contributed by atoms with Crippen molar-refractivity contribution in [1.82, 2.24) is 15.0 Å². The lowest BCUT2D eigenvalue weighted by atomic mass is 10.1. The van der Waals surface area contributed by atoms with Crippen molar-refractivity contribution >= 4 is 11.6 Å². The summed E-state index contributed by atoms with van der Waals surface area (Å²) in [5.41, 5.74) is 1.73. The summed E-state index contributed by atoms with van der Waals surface area (Å²) < 4.78 is 44.9. The Balaban J connectivity index is 1.57. The van der Waals surface area contributed by atoms with Crippen molar-refractivity contribution in [2.45, 2.75) is 6.18 Å². The predicted molar refractivity (Wildman–Crippen MR) is 113 cm³/mol. The molecule has 0 saturated carbocycles. The van der Waals surface area contributed by atoms with Crippen LogP contribution in [0, 0.1) is 0 Å². The topological polar surface area (TPSA) is 69.0 Å². The number of methoxy groups -OCH3 is 1. The number of nitrogens with one attached hydrogen (secondary N) is 1. The molecule has 3 aromatic carbocycles. The van der Waals surface area contributed by atoms with Crippen LogP contribution in [-0.4, -0.2) is 28.0 Å². The Morgan fingerprint density at radius 1 is 0.969 bits per heavy atom. The molecule has 0 aliphatic carbocycles. The second-order valence-electron chi connectivity index (χ2n) is 6.82. The van der Waals surface area contributed by atoms with E-state index in [0.717, 1.165) is 35.6 Å². The van der Waals surface area contributed by atoms with E-state index in [1.807, 2.05) is 24.3 Å². The van der Waals surface area contributed by atoms with Gasteiger partial charge in [0.25, 0.3) is 5.91 Å². The Labute approximate surface area is 181 Å². The van der Waals surface area contributed by atoms with Crippen LogP contribution in [0.15, 0.2) is 79.0 Å². The molecular formula is C23H17F3N4O2. The molecule has 0 aliphatic heterocycles. The summed E-state index contributed by atoms with van der Waals surface area (Å²) in [5.74, 6) is 0.180. The molecule has 4 rings (SSSR count). The molecule has 0 aliphatic rings. The van der Waals surface area contributed by atoms with Crippen molar-refractivity contribution in [3.63, 3.8) is 0 Å². The van der Waals surface area contributed by atoms with Gasteiger partial charge in [-0.05, 0) is 60.7 Å². The van der Waals surface area contributed by atoms with Crippen LogP contribution in [-0.2, 0) is 6.18 Å². The van der Waals surface area contributed by atoms with Crippen LogP contribution in [0.25, 0.3) is 16.9 Å². The molecule has 1 N–H and O–H groups in total. The van der Waals surface area contributed by atoms with E-state index < -0.39 is 17.6 Å². The van der Waals surface area contributed by atoms with Crippen LogP contribution >= 0.6 is 0 Å². The number of amides is 1. The van der Waals surface area contributed by atoms with Gasteiger partial charge in [-0.1, -0.05) is 17.3 Å². The van der Waals surface area contributed by atoms with Crippen molar-refractivity contribution in [3.05, 3.63) is 90.1 Å². The number of carbonyl (C=O) groups is 1. The van der Waals surface area contributed by atoms with Crippen LogP contribution < -0.4 is 10.1 Å². The molecule has 0 fully saturated rings. The molecule has 32 heavy (non-hydrogen) atoms. The summed E-state index contributed by atoms with van der Waals surface area (Å²) in [6.45, 7) is 0. The monoisotopic (exact) mass is 438 g/mol. The average Bonchev–Trinajstić information content (AvgIpc) is 3.29. The van der Waals surface area contributed by atoms with Crippen molar-refractivity contribution in [2.24, 2.45) is 0 Å². The molecule has 9 heteroatoms. The first-order valence-electron chi connectivity index (χ1n) is 9.50. The van der Waals surface area contributed by atoms with Gasteiger partial charge in [-0.15, -0.1) is 5.10 Å². The Morgan fingerprint density at radius 2 is 1.66 bits per heavy atom. The minimum atomic E-state index is -4.46. The minimum Gasteiger partial charge on any atom is -0.497 e. The zero-order valence-electron chi connectivity index (χ0n) is 16.8. The minimum absolute atomic E-state index is 0.102. The van der Waals surface area contributed by atoms with E-state index in [4.69, 9.17) is 4.74 Å². The first-order valence-corrected chi connectivity index (χ1v) is 9.50. The Hall–Kier alpha value is -4.14. The van der Waals surface area contributed by atoms with Gasteiger partial charge in [0, 0.05) is 11.1 Å². The third-order valence-corrected chi connectivity index (χ3v) is 4.75. The number of ether oxygens (including phenoxy) is 1. The smallest absolute Gasteiger partial charge is 0.416 e. The largest absolute Gasteiger partial charge is 0.497 e. The van der Waals surface area contributed by atoms with Gasteiger partial charge in [0.15, 0.2) is 0 Å². The number of anilines is 1. The van der Waals surface area contributed by atoms with E-state index >= 15 is 0 Å². The fraction of sp³-hybridized carbons (Fsp3) is 0.0870. The van der Waals surface area contributed by atoms with E-state index in [0.29, 0.717) is 17.1 Å². The third-order valence-electron chi connectivity index (χ3n) is 4.75. The molecule has 0 saturated heterocycles.